The highest BCUT2D eigenvalue weighted by molar-refractivity contribution is 7.99. The molecule has 1 aliphatic heterocycles. The number of pyridine rings is 1. The molecule has 44 heavy (non-hydrogen) atoms. The first-order valence-electron chi connectivity index (χ1n) is 14.6. The maximum Gasteiger partial charge on any atom is 0.303 e. The Bertz CT molecular complexity index is 1550. The second-order valence-electron chi connectivity index (χ2n) is 10.6. The van der Waals surface area contributed by atoms with E-state index in [1.807, 2.05) is 84.9 Å². The van der Waals surface area contributed by atoms with Crippen LogP contribution in [0.15, 0.2) is 102 Å². The van der Waals surface area contributed by atoms with Gasteiger partial charge in [-0.3, -0.25) is 9.59 Å². The van der Waals surface area contributed by atoms with Gasteiger partial charge in [0.1, 0.15) is 0 Å². The minimum absolute atomic E-state index is 0.00531. The summed E-state index contributed by atoms with van der Waals surface area (Å²) in [6.45, 7) is 3.12. The summed E-state index contributed by atoms with van der Waals surface area (Å²) in [7, 11) is 0. The molecular formula is C35H36N2O6S. The lowest BCUT2D eigenvalue weighted by Crippen LogP contribution is -2.35. The third kappa shape index (κ3) is 8.54. The third-order valence-corrected chi connectivity index (χ3v) is 8.34. The van der Waals surface area contributed by atoms with E-state index in [1.165, 1.54) is 6.92 Å². The summed E-state index contributed by atoms with van der Waals surface area (Å²) in [5, 5.41) is 13.3. The highest BCUT2D eigenvalue weighted by atomic mass is 32.2. The molecule has 228 valence electrons. The fourth-order valence-electron chi connectivity index (χ4n) is 4.99. The van der Waals surface area contributed by atoms with Gasteiger partial charge in [0.05, 0.1) is 23.8 Å². The minimum Gasteiger partial charge on any atom is -0.453 e. The number of amides is 1. The van der Waals surface area contributed by atoms with E-state index in [2.05, 4.69) is 16.4 Å². The second-order valence-corrected chi connectivity index (χ2v) is 11.7. The molecule has 0 saturated carbocycles. The molecule has 0 unspecified atom stereocenters. The Morgan fingerprint density at radius 2 is 1.73 bits per heavy atom. The summed E-state index contributed by atoms with van der Waals surface area (Å²) in [5.74, 6) is -0.119. The van der Waals surface area contributed by atoms with Crippen molar-refractivity contribution in [2.24, 2.45) is 0 Å². The van der Waals surface area contributed by atoms with E-state index in [-0.39, 0.29) is 24.7 Å². The summed E-state index contributed by atoms with van der Waals surface area (Å²) < 4.78 is 18.0. The Balaban J connectivity index is 1.33. The standard InChI is InChI=1S/C35H36N2O6S/c1-23(41-24(2)39)34(40)37-20-26-7-5-8-28(17-26)29-9-6-10-30(18-29)35-42-31(22-44-33-11-3-4-16-36-33)19-32(43-35)27-14-12-25(21-38)13-15-27/h3-18,23,31-32,35,38H,19-22H2,1-2H3,(H,37,40)/t23-,31+,32-,35-/m0/s1. The van der Waals surface area contributed by atoms with Crippen molar-refractivity contribution in [2.75, 3.05) is 5.75 Å². The molecule has 1 saturated heterocycles. The molecule has 0 radical (unpaired) electrons. The van der Waals surface area contributed by atoms with Gasteiger partial charge in [0.15, 0.2) is 12.4 Å². The molecular weight excluding hydrogens is 576 g/mol. The van der Waals surface area contributed by atoms with Crippen LogP contribution in [-0.2, 0) is 37.0 Å². The lowest BCUT2D eigenvalue weighted by Gasteiger charge is -2.36. The number of ether oxygens (including phenoxy) is 3. The molecule has 5 rings (SSSR count). The third-order valence-electron chi connectivity index (χ3n) is 7.27. The number of aromatic nitrogens is 1. The predicted molar refractivity (Wildman–Crippen MR) is 168 cm³/mol. The van der Waals surface area contributed by atoms with Crippen LogP contribution in [0.4, 0.5) is 0 Å². The number of nitrogens with one attached hydrogen (secondary N) is 1. The Morgan fingerprint density at radius 3 is 2.45 bits per heavy atom. The number of carbonyl (C=O) groups excluding carboxylic acids is 2. The average Bonchev–Trinajstić information content (AvgIpc) is 3.06. The first kappa shape index (κ1) is 31.4. The van der Waals surface area contributed by atoms with Crippen LogP contribution in [0.3, 0.4) is 0 Å². The van der Waals surface area contributed by atoms with Crippen LogP contribution in [0, 0.1) is 0 Å². The Morgan fingerprint density at radius 1 is 0.955 bits per heavy atom. The number of nitrogens with zero attached hydrogens (tertiary/aromatic N) is 1. The van der Waals surface area contributed by atoms with Crippen LogP contribution in [-0.4, -0.2) is 39.9 Å². The summed E-state index contributed by atoms with van der Waals surface area (Å²) in [4.78, 5) is 27.9. The van der Waals surface area contributed by atoms with Gasteiger partial charge in [0, 0.05) is 37.4 Å². The van der Waals surface area contributed by atoms with Crippen molar-refractivity contribution in [2.45, 2.75) is 63.0 Å². The van der Waals surface area contributed by atoms with E-state index in [4.69, 9.17) is 14.2 Å². The first-order chi connectivity index (χ1) is 21.4. The van der Waals surface area contributed by atoms with Crippen LogP contribution in [0.25, 0.3) is 11.1 Å². The number of rotatable bonds is 11. The number of hydrogen-bond acceptors (Lipinski definition) is 8. The average molecular weight is 613 g/mol. The lowest BCUT2D eigenvalue weighted by atomic mass is 9.99. The van der Waals surface area contributed by atoms with Crippen LogP contribution in [0.5, 0.6) is 0 Å². The van der Waals surface area contributed by atoms with Crippen LogP contribution >= 0.6 is 11.8 Å². The Kier molecular flexibility index (Phi) is 10.8. The summed E-state index contributed by atoms with van der Waals surface area (Å²) in [6, 6.07) is 29.8. The molecule has 2 heterocycles. The van der Waals surface area contributed by atoms with Gasteiger partial charge in [-0.1, -0.05) is 66.7 Å². The van der Waals surface area contributed by atoms with Gasteiger partial charge < -0.3 is 24.6 Å². The lowest BCUT2D eigenvalue weighted by molar-refractivity contribution is -0.245. The van der Waals surface area contributed by atoms with E-state index in [9.17, 15) is 14.7 Å². The van der Waals surface area contributed by atoms with E-state index in [0.29, 0.717) is 13.0 Å². The fraction of sp³-hybridized carbons (Fsp3) is 0.286. The number of aliphatic hydroxyl groups is 1. The van der Waals surface area contributed by atoms with Crippen molar-refractivity contribution in [3.8, 4) is 11.1 Å². The molecule has 3 aromatic carbocycles. The van der Waals surface area contributed by atoms with Gasteiger partial charge >= 0.3 is 5.97 Å². The summed E-state index contributed by atoms with van der Waals surface area (Å²) >= 11 is 1.66. The summed E-state index contributed by atoms with van der Waals surface area (Å²) in [6.07, 6.45) is 0.794. The number of benzene rings is 3. The maximum absolute atomic E-state index is 12.3. The maximum atomic E-state index is 12.3. The predicted octanol–water partition coefficient (Wildman–Crippen LogP) is 6.15. The molecule has 1 fully saturated rings. The van der Waals surface area contributed by atoms with Gasteiger partial charge in [-0.25, -0.2) is 4.98 Å². The number of aliphatic hydroxyl groups excluding tert-OH is 1. The van der Waals surface area contributed by atoms with Crippen molar-refractivity contribution in [3.63, 3.8) is 0 Å². The van der Waals surface area contributed by atoms with Crippen molar-refractivity contribution >= 4 is 23.6 Å². The molecule has 0 spiro atoms. The molecule has 9 heteroatoms. The summed E-state index contributed by atoms with van der Waals surface area (Å²) in [5.41, 5.74) is 5.69. The SMILES string of the molecule is CC(=O)O[C@@H](C)C(=O)NCc1cccc(-c2cccc([C@H]3O[C@@H](CSc4ccccn4)C[C@@H](c4ccc(CO)cc4)O3)c2)c1. The van der Waals surface area contributed by atoms with E-state index in [1.54, 1.807) is 24.9 Å². The highest BCUT2D eigenvalue weighted by Gasteiger charge is 2.32. The number of carbonyl (C=O) groups is 2. The molecule has 1 aromatic heterocycles. The van der Waals surface area contributed by atoms with E-state index in [0.717, 1.165) is 44.2 Å². The molecule has 2 N–H and O–H groups in total. The first-order valence-corrected chi connectivity index (χ1v) is 15.5. The number of hydrogen-bond donors (Lipinski definition) is 2. The molecule has 4 aromatic rings. The van der Waals surface area contributed by atoms with Crippen molar-refractivity contribution in [1.82, 2.24) is 10.3 Å². The topological polar surface area (TPSA) is 107 Å². The van der Waals surface area contributed by atoms with Crippen molar-refractivity contribution < 1.29 is 28.9 Å². The van der Waals surface area contributed by atoms with E-state index >= 15 is 0 Å². The Hall–Kier alpha value is -4.02. The zero-order chi connectivity index (χ0) is 30.9. The highest BCUT2D eigenvalue weighted by Crippen LogP contribution is 2.40. The van der Waals surface area contributed by atoms with Gasteiger partial charge in [-0.15, -0.1) is 11.8 Å². The van der Waals surface area contributed by atoms with E-state index < -0.39 is 18.4 Å². The van der Waals surface area contributed by atoms with Crippen molar-refractivity contribution in [3.05, 3.63) is 119 Å². The molecule has 1 aliphatic rings. The fourth-order valence-corrected chi connectivity index (χ4v) is 5.88. The normalized spacial score (nSPS) is 18.8. The molecule has 1 amide bonds. The smallest absolute Gasteiger partial charge is 0.303 e. The number of esters is 1. The zero-order valence-electron chi connectivity index (χ0n) is 24.7. The van der Waals surface area contributed by atoms with Crippen LogP contribution in [0.1, 0.15) is 54.9 Å². The van der Waals surface area contributed by atoms with Gasteiger partial charge in [-0.05, 0) is 59.0 Å². The monoisotopic (exact) mass is 612 g/mol. The van der Waals surface area contributed by atoms with Crippen molar-refractivity contribution in [1.29, 1.82) is 0 Å². The Labute approximate surface area is 261 Å². The second kappa shape index (κ2) is 15.1. The van der Waals surface area contributed by atoms with Gasteiger partial charge in [-0.2, -0.15) is 0 Å². The largest absolute Gasteiger partial charge is 0.453 e. The van der Waals surface area contributed by atoms with Crippen LogP contribution < -0.4 is 5.32 Å². The minimum atomic E-state index is -0.856. The van der Waals surface area contributed by atoms with Crippen LogP contribution in [0.2, 0.25) is 0 Å². The quantitative estimate of drug-likeness (QED) is 0.154. The molecule has 8 nitrogen and oxygen atoms in total. The molecule has 0 aliphatic carbocycles. The zero-order valence-corrected chi connectivity index (χ0v) is 25.5. The molecule has 0 bridgehead atoms. The van der Waals surface area contributed by atoms with Gasteiger partial charge in [0.25, 0.3) is 5.91 Å². The molecule has 4 atom stereocenters. The number of thioether (sulfide) groups is 1. The van der Waals surface area contributed by atoms with Gasteiger partial charge in [0.2, 0.25) is 0 Å².